The number of hydrogen-bond donors (Lipinski definition) is 1. The molecule has 1 aliphatic rings. The second-order valence-corrected chi connectivity index (χ2v) is 4.87. The molecule has 0 saturated carbocycles. The van der Waals surface area contributed by atoms with Crippen molar-refractivity contribution in [2.75, 3.05) is 0 Å². The van der Waals surface area contributed by atoms with E-state index in [2.05, 4.69) is 25.1 Å². The highest BCUT2D eigenvalue weighted by molar-refractivity contribution is 5.76. The summed E-state index contributed by atoms with van der Waals surface area (Å²) in [6, 6.07) is 8.12. The molecule has 1 heteroatoms. The third kappa shape index (κ3) is 1.96. The van der Waals surface area contributed by atoms with Crippen LogP contribution in [0.15, 0.2) is 42.0 Å². The van der Waals surface area contributed by atoms with E-state index in [9.17, 15) is 5.11 Å². The number of benzene rings is 1. The molecule has 0 atom stereocenters. The molecule has 0 unspecified atom stereocenters. The first-order valence-electron chi connectivity index (χ1n) is 5.68. The monoisotopic (exact) mass is 214 g/mol. The molecule has 0 amide bonds. The molecule has 16 heavy (non-hydrogen) atoms. The van der Waals surface area contributed by atoms with Crippen LogP contribution in [0.2, 0.25) is 0 Å². The van der Waals surface area contributed by atoms with E-state index in [0.29, 0.717) is 0 Å². The van der Waals surface area contributed by atoms with Crippen molar-refractivity contribution >= 4 is 5.57 Å². The average molecular weight is 214 g/mol. The van der Waals surface area contributed by atoms with E-state index in [1.165, 1.54) is 16.7 Å². The van der Waals surface area contributed by atoms with Gasteiger partial charge in [-0.25, -0.2) is 0 Å². The molecular weight excluding hydrogens is 196 g/mol. The Labute approximate surface area is 97.1 Å². The van der Waals surface area contributed by atoms with Crippen LogP contribution in [0, 0.1) is 0 Å². The SMILES string of the molecule is CC1=C(c2ccccc2C(C)(C)O)CC=C1. The van der Waals surface area contributed by atoms with Crippen LogP contribution < -0.4 is 0 Å². The van der Waals surface area contributed by atoms with Gasteiger partial charge in [0.25, 0.3) is 0 Å². The van der Waals surface area contributed by atoms with Crippen LogP contribution in [-0.4, -0.2) is 5.11 Å². The van der Waals surface area contributed by atoms with Crippen molar-refractivity contribution in [2.24, 2.45) is 0 Å². The van der Waals surface area contributed by atoms with Crippen LogP contribution in [0.3, 0.4) is 0 Å². The van der Waals surface area contributed by atoms with Gasteiger partial charge >= 0.3 is 0 Å². The van der Waals surface area contributed by atoms with Gasteiger partial charge < -0.3 is 5.11 Å². The van der Waals surface area contributed by atoms with Crippen LogP contribution in [0.4, 0.5) is 0 Å². The summed E-state index contributed by atoms with van der Waals surface area (Å²) >= 11 is 0. The lowest BCUT2D eigenvalue weighted by molar-refractivity contribution is 0.0783. The lowest BCUT2D eigenvalue weighted by atomic mass is 9.88. The predicted molar refractivity (Wildman–Crippen MR) is 68.0 cm³/mol. The van der Waals surface area contributed by atoms with E-state index in [4.69, 9.17) is 0 Å². The Morgan fingerprint density at radius 1 is 1.19 bits per heavy atom. The molecule has 0 saturated heterocycles. The van der Waals surface area contributed by atoms with Gasteiger partial charge in [-0.2, -0.15) is 0 Å². The minimum atomic E-state index is -0.785. The van der Waals surface area contributed by atoms with Crippen LogP contribution in [0.25, 0.3) is 5.57 Å². The summed E-state index contributed by atoms with van der Waals surface area (Å²) in [6.07, 6.45) is 5.29. The molecule has 1 aromatic rings. The molecule has 84 valence electrons. The summed E-state index contributed by atoms with van der Waals surface area (Å²) in [4.78, 5) is 0. The lowest BCUT2D eigenvalue weighted by Gasteiger charge is -2.22. The summed E-state index contributed by atoms with van der Waals surface area (Å²) in [6.45, 7) is 5.80. The first kappa shape index (κ1) is 11.2. The maximum absolute atomic E-state index is 10.2. The molecule has 0 aromatic heterocycles. The summed E-state index contributed by atoms with van der Waals surface area (Å²) in [5.74, 6) is 0. The molecule has 0 aliphatic heterocycles. The van der Waals surface area contributed by atoms with E-state index in [0.717, 1.165) is 12.0 Å². The fraction of sp³-hybridized carbons (Fsp3) is 0.333. The molecule has 0 radical (unpaired) electrons. The molecule has 1 aliphatic carbocycles. The zero-order chi connectivity index (χ0) is 11.8. The third-order valence-corrected chi connectivity index (χ3v) is 3.08. The van der Waals surface area contributed by atoms with Crippen LogP contribution in [0.5, 0.6) is 0 Å². The van der Waals surface area contributed by atoms with Gasteiger partial charge in [0, 0.05) is 0 Å². The van der Waals surface area contributed by atoms with Crippen LogP contribution >= 0.6 is 0 Å². The van der Waals surface area contributed by atoms with E-state index in [1.54, 1.807) is 0 Å². The number of hydrogen-bond acceptors (Lipinski definition) is 1. The molecule has 2 rings (SSSR count). The Balaban J connectivity index is 2.54. The minimum Gasteiger partial charge on any atom is -0.386 e. The molecule has 1 N–H and O–H groups in total. The maximum atomic E-state index is 10.2. The van der Waals surface area contributed by atoms with Crippen molar-refractivity contribution in [3.8, 4) is 0 Å². The van der Waals surface area contributed by atoms with Crippen molar-refractivity contribution in [2.45, 2.75) is 32.8 Å². The third-order valence-electron chi connectivity index (χ3n) is 3.08. The van der Waals surface area contributed by atoms with E-state index >= 15 is 0 Å². The standard InChI is InChI=1S/C15H18O/c1-11-7-6-9-12(11)13-8-4-5-10-14(13)15(2,3)16/h4-8,10,16H,9H2,1-3H3. The second-order valence-electron chi connectivity index (χ2n) is 4.87. The quantitative estimate of drug-likeness (QED) is 0.796. The first-order chi connectivity index (χ1) is 7.50. The van der Waals surface area contributed by atoms with Crippen molar-refractivity contribution in [3.63, 3.8) is 0 Å². The molecule has 0 bridgehead atoms. The minimum absolute atomic E-state index is 0.785. The fourth-order valence-electron chi connectivity index (χ4n) is 2.22. The predicted octanol–water partition coefficient (Wildman–Crippen LogP) is 3.65. The highest BCUT2D eigenvalue weighted by Crippen LogP contribution is 2.34. The lowest BCUT2D eigenvalue weighted by Crippen LogP contribution is -2.17. The molecular formula is C15H18O. The van der Waals surface area contributed by atoms with Crippen molar-refractivity contribution in [1.82, 2.24) is 0 Å². The molecule has 1 aromatic carbocycles. The highest BCUT2D eigenvalue weighted by atomic mass is 16.3. The zero-order valence-corrected chi connectivity index (χ0v) is 10.1. The summed E-state index contributed by atoms with van der Waals surface area (Å²) in [5.41, 5.74) is 4.03. The van der Waals surface area contributed by atoms with Gasteiger partial charge in [-0.05, 0) is 49.5 Å². The Bertz CT molecular complexity index is 459. The largest absolute Gasteiger partial charge is 0.386 e. The average Bonchev–Trinajstić information content (AvgIpc) is 2.63. The van der Waals surface area contributed by atoms with Gasteiger partial charge in [-0.3, -0.25) is 0 Å². The van der Waals surface area contributed by atoms with Crippen molar-refractivity contribution < 1.29 is 5.11 Å². The molecule has 0 heterocycles. The van der Waals surface area contributed by atoms with Crippen LogP contribution in [0.1, 0.15) is 38.3 Å². The maximum Gasteiger partial charge on any atom is 0.0846 e. The van der Waals surface area contributed by atoms with Crippen molar-refractivity contribution in [1.29, 1.82) is 0 Å². The first-order valence-corrected chi connectivity index (χ1v) is 5.68. The molecule has 0 fully saturated rings. The van der Waals surface area contributed by atoms with E-state index < -0.39 is 5.60 Å². The topological polar surface area (TPSA) is 20.2 Å². The van der Waals surface area contributed by atoms with Gasteiger partial charge in [0.1, 0.15) is 0 Å². The van der Waals surface area contributed by atoms with E-state index in [-0.39, 0.29) is 0 Å². The number of rotatable bonds is 2. The van der Waals surface area contributed by atoms with Gasteiger partial charge in [-0.1, -0.05) is 36.4 Å². The Morgan fingerprint density at radius 3 is 2.44 bits per heavy atom. The van der Waals surface area contributed by atoms with Gasteiger partial charge in [0.05, 0.1) is 5.60 Å². The number of allylic oxidation sites excluding steroid dienone is 4. The zero-order valence-electron chi connectivity index (χ0n) is 10.1. The van der Waals surface area contributed by atoms with Crippen LogP contribution in [-0.2, 0) is 5.60 Å². The molecule has 0 spiro atoms. The highest BCUT2D eigenvalue weighted by Gasteiger charge is 2.22. The molecule has 1 nitrogen and oxygen atoms in total. The number of aliphatic hydroxyl groups is 1. The van der Waals surface area contributed by atoms with Crippen molar-refractivity contribution in [3.05, 3.63) is 53.1 Å². The van der Waals surface area contributed by atoms with Gasteiger partial charge in [0.2, 0.25) is 0 Å². The smallest absolute Gasteiger partial charge is 0.0846 e. The Morgan fingerprint density at radius 2 is 1.88 bits per heavy atom. The Kier molecular flexibility index (Phi) is 2.73. The Hall–Kier alpha value is -1.34. The van der Waals surface area contributed by atoms with Gasteiger partial charge in [-0.15, -0.1) is 0 Å². The summed E-state index contributed by atoms with van der Waals surface area (Å²) in [7, 11) is 0. The van der Waals surface area contributed by atoms with Gasteiger partial charge in [0.15, 0.2) is 0 Å². The summed E-state index contributed by atoms with van der Waals surface area (Å²) in [5, 5.41) is 10.2. The summed E-state index contributed by atoms with van der Waals surface area (Å²) < 4.78 is 0. The van der Waals surface area contributed by atoms with E-state index in [1.807, 2.05) is 32.0 Å². The fourth-order valence-corrected chi connectivity index (χ4v) is 2.22. The normalized spacial score (nSPS) is 16.0. The second kappa shape index (κ2) is 3.91.